The lowest BCUT2D eigenvalue weighted by Crippen LogP contribution is -2.42. The van der Waals surface area contributed by atoms with E-state index in [2.05, 4.69) is 15.3 Å². The van der Waals surface area contributed by atoms with Crippen molar-refractivity contribution in [2.45, 2.75) is 18.9 Å². The second-order valence-electron chi connectivity index (χ2n) is 8.24. The summed E-state index contributed by atoms with van der Waals surface area (Å²) in [7, 11) is -2.52. The number of carbonyl (C=O) groups excluding carboxylic acids is 1. The van der Waals surface area contributed by atoms with Crippen molar-refractivity contribution >= 4 is 50.0 Å². The van der Waals surface area contributed by atoms with E-state index in [9.17, 15) is 17.6 Å². The van der Waals surface area contributed by atoms with E-state index in [1.165, 1.54) is 31.4 Å². The number of aliphatic hydroxyl groups is 1. The molecule has 1 aliphatic heterocycles. The molecule has 1 aliphatic rings. The smallest absolute Gasteiger partial charge is 0.335 e. The average molecular weight is 555 g/mol. The molecule has 2 aromatic carbocycles. The van der Waals surface area contributed by atoms with Crippen LogP contribution in [-0.4, -0.2) is 73.5 Å². The summed E-state index contributed by atoms with van der Waals surface area (Å²) in [6.07, 6.45) is 1.67. The van der Waals surface area contributed by atoms with E-state index in [0.29, 0.717) is 42.8 Å². The molecule has 2 heterocycles. The van der Waals surface area contributed by atoms with Crippen LogP contribution in [0.25, 0.3) is 10.9 Å². The summed E-state index contributed by atoms with van der Waals surface area (Å²) in [5.74, 6) is -0.367. The molecule has 0 bridgehead atoms. The third kappa shape index (κ3) is 6.29. The van der Waals surface area contributed by atoms with Gasteiger partial charge in [0.15, 0.2) is 17.3 Å². The van der Waals surface area contributed by atoms with Crippen LogP contribution < -0.4 is 19.0 Å². The monoisotopic (exact) mass is 554 g/mol. The highest BCUT2D eigenvalue weighted by molar-refractivity contribution is 7.86. The van der Waals surface area contributed by atoms with Crippen LogP contribution in [0.1, 0.15) is 12.8 Å². The number of likely N-dealkylation sites (tertiary alicyclic amines) is 1. The molecule has 0 spiro atoms. The number of aromatic nitrogens is 2. The highest BCUT2D eigenvalue weighted by Gasteiger charge is 2.25. The topological polar surface area (TPSA) is 140 Å². The highest BCUT2D eigenvalue weighted by atomic mass is 35.5. The number of nitrogens with one attached hydrogen (secondary N) is 1. The van der Waals surface area contributed by atoms with Gasteiger partial charge in [0.25, 0.3) is 0 Å². The van der Waals surface area contributed by atoms with Crippen LogP contribution in [0.15, 0.2) is 30.3 Å². The van der Waals surface area contributed by atoms with E-state index in [1.807, 2.05) is 0 Å². The Hall–Kier alpha value is -3.42. The molecule has 2 N–H and O–H groups in total. The second kappa shape index (κ2) is 10.9. The SMILES string of the molecule is COc1cc2nc(OS(C)(=O)=O)nc(Nc3cccc(Cl)c3F)c2cc1OC1CCN(C(=O)CO)CC1. The van der Waals surface area contributed by atoms with E-state index in [-0.39, 0.29) is 34.1 Å². The standard InChI is InChI=1S/C23H24ClFN4O7S/c1-34-18-11-17-14(10-19(18)35-13-6-8-29(9-7-13)20(31)12-30)22(28-23(27-17)36-37(2,32)33)26-16-5-3-4-15(24)21(16)25/h3-5,10-11,13,30H,6-9,12H2,1-2H3,(H,26,27,28). The third-order valence-corrected chi connectivity index (χ3v) is 6.36. The van der Waals surface area contributed by atoms with Crippen LogP contribution in [0.5, 0.6) is 17.5 Å². The third-order valence-electron chi connectivity index (χ3n) is 5.61. The van der Waals surface area contributed by atoms with Crippen molar-refractivity contribution in [3.8, 4) is 17.5 Å². The summed E-state index contributed by atoms with van der Waals surface area (Å²) in [6, 6.07) is 7.00. The first-order valence-electron chi connectivity index (χ1n) is 11.1. The van der Waals surface area contributed by atoms with Gasteiger partial charge in [-0.05, 0) is 18.2 Å². The first kappa shape index (κ1) is 26.6. The molecule has 1 fully saturated rings. The molecule has 0 atom stereocenters. The molecule has 4 rings (SSSR count). The first-order valence-corrected chi connectivity index (χ1v) is 13.3. The molecule has 1 amide bonds. The number of hydrogen-bond acceptors (Lipinski definition) is 10. The quantitative estimate of drug-likeness (QED) is 0.399. The Bertz CT molecular complexity index is 1430. The number of methoxy groups -OCH3 is 1. The van der Waals surface area contributed by atoms with Gasteiger partial charge in [-0.15, -0.1) is 0 Å². The normalized spacial score (nSPS) is 14.5. The van der Waals surface area contributed by atoms with Gasteiger partial charge in [0.2, 0.25) is 5.91 Å². The van der Waals surface area contributed by atoms with Crippen molar-refractivity contribution in [1.82, 2.24) is 14.9 Å². The molecule has 0 radical (unpaired) electrons. The van der Waals surface area contributed by atoms with Crippen molar-refractivity contribution in [1.29, 1.82) is 0 Å². The summed E-state index contributed by atoms with van der Waals surface area (Å²) in [5, 5.41) is 12.1. The molecular weight excluding hydrogens is 531 g/mol. The van der Waals surface area contributed by atoms with Gasteiger partial charge in [0.05, 0.1) is 29.6 Å². The number of rotatable bonds is 8. The summed E-state index contributed by atoms with van der Waals surface area (Å²) >= 11 is 5.90. The fourth-order valence-electron chi connectivity index (χ4n) is 3.87. The van der Waals surface area contributed by atoms with Crippen molar-refractivity contribution in [2.75, 3.05) is 38.4 Å². The number of fused-ring (bicyclic) bond motifs is 1. The Morgan fingerprint density at radius 2 is 1.97 bits per heavy atom. The van der Waals surface area contributed by atoms with Gasteiger partial charge in [-0.25, -0.2) is 4.39 Å². The van der Waals surface area contributed by atoms with Gasteiger partial charge in [-0.3, -0.25) is 4.79 Å². The number of amides is 1. The van der Waals surface area contributed by atoms with Crippen molar-refractivity contribution in [2.24, 2.45) is 0 Å². The summed E-state index contributed by atoms with van der Waals surface area (Å²) in [6.45, 7) is 0.310. The minimum atomic E-state index is -3.95. The van der Waals surface area contributed by atoms with E-state index in [1.54, 1.807) is 11.0 Å². The lowest BCUT2D eigenvalue weighted by atomic mass is 10.1. The molecule has 0 unspecified atom stereocenters. The molecule has 198 valence electrons. The molecule has 0 aliphatic carbocycles. The zero-order valence-corrected chi connectivity index (χ0v) is 21.5. The van der Waals surface area contributed by atoms with Gasteiger partial charge in [0.1, 0.15) is 18.5 Å². The van der Waals surface area contributed by atoms with E-state index in [0.717, 1.165) is 6.26 Å². The van der Waals surface area contributed by atoms with Crippen LogP contribution in [0.3, 0.4) is 0 Å². The highest BCUT2D eigenvalue weighted by Crippen LogP contribution is 2.38. The summed E-state index contributed by atoms with van der Waals surface area (Å²) in [5.41, 5.74) is 0.239. The maximum Gasteiger partial charge on any atom is 0.335 e. The summed E-state index contributed by atoms with van der Waals surface area (Å²) < 4.78 is 54.6. The molecule has 1 saturated heterocycles. The number of carbonyl (C=O) groups is 1. The fraction of sp³-hybridized carbons (Fsp3) is 0.348. The number of nitrogens with zero attached hydrogens (tertiary/aromatic N) is 3. The van der Waals surface area contributed by atoms with E-state index < -0.39 is 28.6 Å². The fourth-order valence-corrected chi connectivity index (χ4v) is 4.39. The number of anilines is 2. The Morgan fingerprint density at radius 1 is 1.24 bits per heavy atom. The van der Waals surface area contributed by atoms with Crippen LogP contribution in [0, 0.1) is 5.82 Å². The van der Waals surface area contributed by atoms with Gasteiger partial charge in [0, 0.05) is 37.4 Å². The summed E-state index contributed by atoms with van der Waals surface area (Å²) in [4.78, 5) is 21.6. The Labute approximate surface area is 217 Å². The van der Waals surface area contributed by atoms with Crippen LogP contribution in [0.4, 0.5) is 15.9 Å². The lowest BCUT2D eigenvalue weighted by Gasteiger charge is -2.32. The zero-order chi connectivity index (χ0) is 26.7. The maximum atomic E-state index is 14.6. The molecule has 1 aromatic heterocycles. The second-order valence-corrected chi connectivity index (χ2v) is 10.2. The van der Waals surface area contributed by atoms with Gasteiger partial charge < -0.3 is 29.0 Å². The minimum absolute atomic E-state index is 0.00276. The maximum absolute atomic E-state index is 14.6. The van der Waals surface area contributed by atoms with Gasteiger partial charge in [-0.2, -0.15) is 18.4 Å². The van der Waals surface area contributed by atoms with Gasteiger partial charge >= 0.3 is 16.1 Å². The van der Waals surface area contributed by atoms with E-state index >= 15 is 0 Å². The number of hydrogen-bond donors (Lipinski definition) is 2. The number of ether oxygens (including phenoxy) is 2. The number of benzene rings is 2. The molecule has 11 nitrogen and oxygen atoms in total. The predicted octanol–water partition coefficient (Wildman–Crippen LogP) is 2.88. The van der Waals surface area contributed by atoms with Crippen LogP contribution >= 0.6 is 11.6 Å². The number of halogens is 2. The van der Waals surface area contributed by atoms with E-state index in [4.69, 9.17) is 30.4 Å². The first-order chi connectivity index (χ1) is 17.6. The molecule has 0 saturated carbocycles. The van der Waals surface area contributed by atoms with Crippen molar-refractivity contribution in [3.63, 3.8) is 0 Å². The van der Waals surface area contributed by atoms with Crippen molar-refractivity contribution in [3.05, 3.63) is 41.2 Å². The molecule has 37 heavy (non-hydrogen) atoms. The number of aliphatic hydroxyl groups excluding tert-OH is 1. The average Bonchev–Trinajstić information content (AvgIpc) is 2.85. The zero-order valence-electron chi connectivity index (χ0n) is 19.9. The van der Waals surface area contributed by atoms with Crippen molar-refractivity contribution < 1.29 is 36.4 Å². The molecule has 3 aromatic rings. The van der Waals surface area contributed by atoms with Gasteiger partial charge in [-0.1, -0.05) is 17.7 Å². The Morgan fingerprint density at radius 3 is 2.62 bits per heavy atom. The van der Waals surface area contributed by atoms with Crippen LogP contribution in [-0.2, 0) is 14.9 Å². The number of piperidine rings is 1. The van der Waals surface area contributed by atoms with Crippen LogP contribution in [0.2, 0.25) is 5.02 Å². The largest absolute Gasteiger partial charge is 0.493 e. The molecule has 14 heteroatoms. The Balaban J connectivity index is 1.73. The predicted molar refractivity (Wildman–Crippen MR) is 134 cm³/mol. The minimum Gasteiger partial charge on any atom is -0.493 e. The Kier molecular flexibility index (Phi) is 7.85. The lowest BCUT2D eigenvalue weighted by molar-refractivity contribution is -0.135. The molecular formula is C23H24ClFN4O7S.